The molecule has 3 heteroatoms. The molecule has 0 heterocycles. The minimum absolute atomic E-state index is 0.143. The van der Waals surface area contributed by atoms with E-state index >= 15 is 0 Å². The summed E-state index contributed by atoms with van der Waals surface area (Å²) in [6.07, 6.45) is 8.42. The van der Waals surface area contributed by atoms with Crippen LogP contribution in [0.4, 0.5) is 4.39 Å². The van der Waals surface area contributed by atoms with Crippen LogP contribution in [0, 0.1) is 11.2 Å². The highest BCUT2D eigenvalue weighted by molar-refractivity contribution is 9.10. The normalized spacial score (nSPS) is 17.7. The molecule has 1 N–H and O–H groups in total. The van der Waals surface area contributed by atoms with Crippen LogP contribution in [0.5, 0.6) is 0 Å². The van der Waals surface area contributed by atoms with E-state index in [-0.39, 0.29) is 11.2 Å². The molecule has 1 aliphatic carbocycles. The first-order chi connectivity index (χ1) is 10.1. The number of rotatable bonds is 9. The van der Waals surface area contributed by atoms with Crippen molar-refractivity contribution >= 4 is 15.9 Å². The van der Waals surface area contributed by atoms with Crippen molar-refractivity contribution < 1.29 is 4.39 Å². The molecule has 0 saturated heterocycles. The van der Waals surface area contributed by atoms with E-state index in [1.165, 1.54) is 38.2 Å². The molecular formula is C18H27BrFN. The number of benzene rings is 1. The summed E-state index contributed by atoms with van der Waals surface area (Å²) in [6, 6.07) is 6.03. The topological polar surface area (TPSA) is 12.0 Å². The smallest absolute Gasteiger partial charge is 0.124 e. The third kappa shape index (κ3) is 5.37. The summed E-state index contributed by atoms with van der Waals surface area (Å²) >= 11 is 3.41. The third-order valence-corrected chi connectivity index (χ3v) is 5.11. The van der Waals surface area contributed by atoms with Crippen LogP contribution in [-0.4, -0.2) is 12.6 Å². The Hall–Kier alpha value is -0.410. The van der Waals surface area contributed by atoms with Gasteiger partial charge in [0.15, 0.2) is 0 Å². The van der Waals surface area contributed by atoms with Crippen LogP contribution in [0.15, 0.2) is 22.7 Å². The lowest BCUT2D eigenvalue weighted by molar-refractivity contribution is 0.228. The Bertz CT molecular complexity index is 438. The average molecular weight is 356 g/mol. The lowest BCUT2D eigenvalue weighted by Gasteiger charge is -2.34. The van der Waals surface area contributed by atoms with Crippen molar-refractivity contribution in [3.05, 3.63) is 34.1 Å². The maximum absolute atomic E-state index is 13.6. The third-order valence-electron chi connectivity index (χ3n) is 4.66. The number of hydrogen-bond acceptors (Lipinski definition) is 1. The zero-order valence-electron chi connectivity index (χ0n) is 13.2. The SMILES string of the molecule is CCCCC(CC)(CNC1CC1)Cc1cc(F)cc(Br)c1. The lowest BCUT2D eigenvalue weighted by atomic mass is 9.75. The quantitative estimate of drug-likeness (QED) is 0.619. The predicted molar refractivity (Wildman–Crippen MR) is 91.1 cm³/mol. The van der Waals surface area contributed by atoms with E-state index in [0.717, 1.165) is 35.5 Å². The number of hydrogen-bond donors (Lipinski definition) is 1. The molecule has 0 aromatic heterocycles. The van der Waals surface area contributed by atoms with Gasteiger partial charge in [-0.1, -0.05) is 42.6 Å². The summed E-state index contributed by atoms with van der Waals surface area (Å²) in [5.41, 5.74) is 1.36. The molecule has 0 bridgehead atoms. The van der Waals surface area contributed by atoms with Crippen molar-refractivity contribution in [2.45, 2.75) is 64.8 Å². The molecule has 0 amide bonds. The van der Waals surface area contributed by atoms with E-state index in [4.69, 9.17) is 0 Å². The Morgan fingerprint density at radius 2 is 2.05 bits per heavy atom. The van der Waals surface area contributed by atoms with Crippen molar-refractivity contribution in [1.29, 1.82) is 0 Å². The van der Waals surface area contributed by atoms with E-state index in [9.17, 15) is 4.39 Å². The van der Waals surface area contributed by atoms with Gasteiger partial charge in [-0.05, 0) is 61.3 Å². The zero-order chi connectivity index (χ0) is 15.3. The first-order valence-electron chi connectivity index (χ1n) is 8.25. The van der Waals surface area contributed by atoms with Crippen LogP contribution in [0.3, 0.4) is 0 Å². The summed E-state index contributed by atoms with van der Waals surface area (Å²) in [4.78, 5) is 0. The molecule has 21 heavy (non-hydrogen) atoms. The van der Waals surface area contributed by atoms with Gasteiger partial charge in [0.2, 0.25) is 0 Å². The highest BCUT2D eigenvalue weighted by atomic mass is 79.9. The summed E-state index contributed by atoms with van der Waals surface area (Å²) in [5, 5.41) is 3.70. The summed E-state index contributed by atoms with van der Waals surface area (Å²) in [6.45, 7) is 5.58. The number of unbranched alkanes of at least 4 members (excludes halogenated alkanes) is 1. The van der Waals surface area contributed by atoms with Crippen LogP contribution < -0.4 is 5.32 Å². The Morgan fingerprint density at radius 1 is 1.29 bits per heavy atom. The number of halogens is 2. The predicted octanol–water partition coefficient (Wildman–Crippen LogP) is 5.47. The van der Waals surface area contributed by atoms with Gasteiger partial charge >= 0.3 is 0 Å². The minimum Gasteiger partial charge on any atom is -0.313 e. The van der Waals surface area contributed by atoms with Crippen LogP contribution in [0.1, 0.15) is 57.9 Å². The molecule has 1 fully saturated rings. The Labute approximate surface area is 136 Å². The Balaban J connectivity index is 2.11. The van der Waals surface area contributed by atoms with Gasteiger partial charge in [-0.25, -0.2) is 4.39 Å². The largest absolute Gasteiger partial charge is 0.313 e. The van der Waals surface area contributed by atoms with E-state index in [1.807, 2.05) is 0 Å². The second-order valence-electron chi connectivity index (χ2n) is 6.57. The second-order valence-corrected chi connectivity index (χ2v) is 7.48. The fourth-order valence-corrected chi connectivity index (χ4v) is 3.52. The van der Waals surface area contributed by atoms with E-state index < -0.39 is 0 Å². The van der Waals surface area contributed by atoms with Crippen molar-refractivity contribution in [2.24, 2.45) is 5.41 Å². The molecular weight excluding hydrogens is 329 g/mol. The molecule has 0 spiro atoms. The molecule has 118 valence electrons. The van der Waals surface area contributed by atoms with Crippen molar-refractivity contribution in [2.75, 3.05) is 6.54 Å². The second kappa shape index (κ2) is 7.73. The molecule has 1 aromatic carbocycles. The first-order valence-corrected chi connectivity index (χ1v) is 9.04. The van der Waals surface area contributed by atoms with Gasteiger partial charge in [0.25, 0.3) is 0 Å². The number of nitrogens with one attached hydrogen (secondary N) is 1. The first kappa shape index (κ1) is 17.0. The van der Waals surface area contributed by atoms with Crippen LogP contribution >= 0.6 is 15.9 Å². The standard InChI is InChI=1S/C18H27BrFN/c1-3-5-8-18(4-2,13-21-17-6-7-17)12-14-9-15(19)11-16(20)10-14/h9-11,17,21H,3-8,12-13H2,1-2H3. The minimum atomic E-state index is -0.143. The zero-order valence-corrected chi connectivity index (χ0v) is 14.8. The van der Waals surface area contributed by atoms with Crippen molar-refractivity contribution in [1.82, 2.24) is 5.32 Å². The van der Waals surface area contributed by atoms with E-state index in [2.05, 4.69) is 41.2 Å². The summed E-state index contributed by atoms with van der Waals surface area (Å²) in [5.74, 6) is -0.143. The maximum Gasteiger partial charge on any atom is 0.124 e. The summed E-state index contributed by atoms with van der Waals surface area (Å²) < 4.78 is 14.5. The monoisotopic (exact) mass is 355 g/mol. The van der Waals surface area contributed by atoms with Crippen LogP contribution in [-0.2, 0) is 6.42 Å². The molecule has 0 aliphatic heterocycles. The van der Waals surface area contributed by atoms with Crippen LogP contribution in [0.2, 0.25) is 0 Å². The molecule has 1 saturated carbocycles. The molecule has 1 nitrogen and oxygen atoms in total. The van der Waals surface area contributed by atoms with Gasteiger partial charge < -0.3 is 5.32 Å². The fourth-order valence-electron chi connectivity index (χ4n) is 3.01. The molecule has 2 rings (SSSR count). The molecule has 1 aliphatic rings. The van der Waals surface area contributed by atoms with Crippen molar-refractivity contribution in [3.8, 4) is 0 Å². The van der Waals surface area contributed by atoms with Gasteiger partial charge in [-0.3, -0.25) is 0 Å². The molecule has 1 unspecified atom stereocenters. The molecule has 1 atom stereocenters. The Morgan fingerprint density at radius 3 is 2.62 bits per heavy atom. The summed E-state index contributed by atoms with van der Waals surface area (Å²) in [7, 11) is 0. The van der Waals surface area contributed by atoms with Crippen LogP contribution in [0.25, 0.3) is 0 Å². The van der Waals surface area contributed by atoms with E-state index in [0.29, 0.717) is 0 Å². The van der Waals surface area contributed by atoms with Gasteiger partial charge in [-0.2, -0.15) is 0 Å². The average Bonchev–Trinajstić information content (AvgIpc) is 3.25. The highest BCUT2D eigenvalue weighted by Crippen LogP contribution is 2.34. The molecule has 0 radical (unpaired) electrons. The lowest BCUT2D eigenvalue weighted by Crippen LogP contribution is -2.37. The van der Waals surface area contributed by atoms with Crippen molar-refractivity contribution in [3.63, 3.8) is 0 Å². The van der Waals surface area contributed by atoms with Gasteiger partial charge in [0, 0.05) is 17.1 Å². The van der Waals surface area contributed by atoms with Gasteiger partial charge in [0.1, 0.15) is 5.82 Å². The van der Waals surface area contributed by atoms with Gasteiger partial charge in [-0.15, -0.1) is 0 Å². The van der Waals surface area contributed by atoms with E-state index in [1.54, 1.807) is 6.07 Å². The highest BCUT2D eigenvalue weighted by Gasteiger charge is 2.31. The molecule has 1 aromatic rings. The van der Waals surface area contributed by atoms with Gasteiger partial charge in [0.05, 0.1) is 0 Å². The maximum atomic E-state index is 13.6. The Kier molecular flexibility index (Phi) is 6.24. The fraction of sp³-hybridized carbons (Fsp3) is 0.667.